The van der Waals surface area contributed by atoms with Crippen LogP contribution in [-0.4, -0.2) is 30.9 Å². The molecule has 0 fully saturated rings. The maximum absolute atomic E-state index is 10.9. The van der Waals surface area contributed by atoms with Gasteiger partial charge in [-0.1, -0.05) is 0 Å². The highest BCUT2D eigenvalue weighted by molar-refractivity contribution is 5.92. The van der Waals surface area contributed by atoms with E-state index in [0.29, 0.717) is 18.0 Å². The van der Waals surface area contributed by atoms with Crippen LogP contribution in [0.3, 0.4) is 0 Å². The standard InChI is InChI=1S/C11H15NO4/c1-7(6-15-2)16-10-4-3-8(12)5-9(10)11(13)14/h3-5,7H,6,12H2,1-2H3,(H,13,14). The van der Waals surface area contributed by atoms with Crippen LogP contribution in [0.15, 0.2) is 18.2 Å². The fourth-order valence-corrected chi connectivity index (χ4v) is 1.30. The molecule has 0 saturated heterocycles. The number of benzene rings is 1. The van der Waals surface area contributed by atoms with Gasteiger partial charge < -0.3 is 20.3 Å². The number of rotatable bonds is 5. The Morgan fingerprint density at radius 3 is 2.81 bits per heavy atom. The average Bonchev–Trinajstić information content (AvgIpc) is 2.20. The molecule has 0 bridgehead atoms. The van der Waals surface area contributed by atoms with Crippen LogP contribution in [0.5, 0.6) is 5.75 Å². The SMILES string of the molecule is COCC(C)Oc1ccc(N)cc1C(=O)O. The first kappa shape index (κ1) is 12.3. The molecule has 16 heavy (non-hydrogen) atoms. The Morgan fingerprint density at radius 1 is 1.56 bits per heavy atom. The highest BCUT2D eigenvalue weighted by Gasteiger charge is 2.14. The second-order valence-electron chi connectivity index (χ2n) is 3.44. The van der Waals surface area contributed by atoms with Crippen LogP contribution in [-0.2, 0) is 4.74 Å². The van der Waals surface area contributed by atoms with E-state index in [4.69, 9.17) is 20.3 Å². The number of aromatic carboxylic acids is 1. The van der Waals surface area contributed by atoms with E-state index in [-0.39, 0.29) is 11.7 Å². The van der Waals surface area contributed by atoms with Crippen molar-refractivity contribution in [3.8, 4) is 5.75 Å². The molecule has 0 aliphatic rings. The van der Waals surface area contributed by atoms with Crippen LogP contribution in [0.25, 0.3) is 0 Å². The first-order valence-corrected chi connectivity index (χ1v) is 4.83. The predicted octanol–water partition coefficient (Wildman–Crippen LogP) is 1.38. The summed E-state index contributed by atoms with van der Waals surface area (Å²) in [5.74, 6) is -0.766. The lowest BCUT2D eigenvalue weighted by Gasteiger charge is -2.15. The molecule has 0 amide bonds. The van der Waals surface area contributed by atoms with Gasteiger partial charge in [0.2, 0.25) is 0 Å². The Hall–Kier alpha value is -1.75. The third kappa shape index (κ3) is 3.13. The van der Waals surface area contributed by atoms with Crippen LogP contribution in [0.1, 0.15) is 17.3 Å². The van der Waals surface area contributed by atoms with E-state index in [1.54, 1.807) is 26.2 Å². The van der Waals surface area contributed by atoms with Crippen LogP contribution < -0.4 is 10.5 Å². The zero-order valence-corrected chi connectivity index (χ0v) is 9.27. The topological polar surface area (TPSA) is 81.8 Å². The zero-order valence-electron chi connectivity index (χ0n) is 9.27. The van der Waals surface area contributed by atoms with Crippen molar-refractivity contribution in [3.63, 3.8) is 0 Å². The Balaban J connectivity index is 2.90. The Labute approximate surface area is 93.8 Å². The number of hydrogen-bond donors (Lipinski definition) is 2. The van der Waals surface area contributed by atoms with Crippen LogP contribution in [0, 0.1) is 0 Å². The van der Waals surface area contributed by atoms with Crippen molar-refractivity contribution in [3.05, 3.63) is 23.8 Å². The maximum Gasteiger partial charge on any atom is 0.339 e. The molecule has 0 saturated carbocycles. The van der Waals surface area contributed by atoms with Crippen molar-refractivity contribution in [2.24, 2.45) is 0 Å². The minimum atomic E-state index is -1.06. The number of nitrogens with two attached hydrogens (primary N) is 1. The number of carboxylic acids is 1. The number of ether oxygens (including phenoxy) is 2. The molecule has 1 atom stereocenters. The van der Waals surface area contributed by atoms with Crippen molar-refractivity contribution in [1.82, 2.24) is 0 Å². The van der Waals surface area contributed by atoms with Gasteiger partial charge in [-0.3, -0.25) is 0 Å². The molecule has 0 aromatic heterocycles. The van der Waals surface area contributed by atoms with Gasteiger partial charge in [-0.2, -0.15) is 0 Å². The van der Waals surface area contributed by atoms with Crippen molar-refractivity contribution < 1.29 is 19.4 Å². The molecule has 3 N–H and O–H groups in total. The van der Waals surface area contributed by atoms with E-state index in [9.17, 15) is 4.79 Å². The third-order valence-electron chi connectivity index (χ3n) is 1.96. The van der Waals surface area contributed by atoms with Crippen LogP contribution in [0.2, 0.25) is 0 Å². The molecular formula is C11H15NO4. The summed E-state index contributed by atoms with van der Waals surface area (Å²) < 4.78 is 10.3. The van der Waals surface area contributed by atoms with E-state index >= 15 is 0 Å². The average molecular weight is 225 g/mol. The van der Waals surface area contributed by atoms with Crippen molar-refractivity contribution in [1.29, 1.82) is 0 Å². The summed E-state index contributed by atoms with van der Waals surface area (Å²) in [6.07, 6.45) is -0.216. The second-order valence-corrected chi connectivity index (χ2v) is 3.44. The lowest BCUT2D eigenvalue weighted by Crippen LogP contribution is -2.19. The van der Waals surface area contributed by atoms with Gasteiger partial charge >= 0.3 is 5.97 Å². The van der Waals surface area contributed by atoms with E-state index in [1.807, 2.05) is 0 Å². The third-order valence-corrected chi connectivity index (χ3v) is 1.96. The molecule has 5 nitrogen and oxygen atoms in total. The molecule has 1 aromatic carbocycles. The molecule has 5 heteroatoms. The minimum absolute atomic E-state index is 0.0583. The minimum Gasteiger partial charge on any atom is -0.487 e. The first-order chi connectivity index (χ1) is 7.54. The van der Waals surface area contributed by atoms with Crippen LogP contribution in [0.4, 0.5) is 5.69 Å². The second kappa shape index (κ2) is 5.37. The Kier molecular flexibility index (Phi) is 4.13. The summed E-state index contributed by atoms with van der Waals surface area (Å²) in [4.78, 5) is 10.9. The van der Waals surface area contributed by atoms with Gasteiger partial charge in [-0.05, 0) is 25.1 Å². The fraction of sp³-hybridized carbons (Fsp3) is 0.364. The lowest BCUT2D eigenvalue weighted by molar-refractivity contribution is 0.0674. The molecule has 0 radical (unpaired) electrons. The number of hydrogen-bond acceptors (Lipinski definition) is 4. The molecule has 0 aliphatic carbocycles. The van der Waals surface area contributed by atoms with Gasteiger partial charge in [0.25, 0.3) is 0 Å². The van der Waals surface area contributed by atoms with E-state index in [1.165, 1.54) is 6.07 Å². The largest absolute Gasteiger partial charge is 0.487 e. The highest BCUT2D eigenvalue weighted by Crippen LogP contribution is 2.22. The van der Waals surface area contributed by atoms with Crippen molar-refractivity contribution in [2.75, 3.05) is 19.5 Å². The number of nitrogen functional groups attached to an aromatic ring is 1. The van der Waals surface area contributed by atoms with Gasteiger partial charge in [0, 0.05) is 12.8 Å². The number of carboxylic acid groups (broad SMARTS) is 1. The summed E-state index contributed by atoms with van der Waals surface area (Å²) in [5.41, 5.74) is 5.96. The summed E-state index contributed by atoms with van der Waals surface area (Å²) in [5, 5.41) is 8.97. The van der Waals surface area contributed by atoms with E-state index in [2.05, 4.69) is 0 Å². The van der Waals surface area contributed by atoms with Crippen LogP contribution >= 0.6 is 0 Å². The quantitative estimate of drug-likeness (QED) is 0.740. The predicted molar refractivity (Wildman–Crippen MR) is 59.8 cm³/mol. The molecule has 0 spiro atoms. The summed E-state index contributed by atoms with van der Waals surface area (Å²) in [6, 6.07) is 4.52. The van der Waals surface area contributed by atoms with E-state index in [0.717, 1.165) is 0 Å². The van der Waals surface area contributed by atoms with Gasteiger partial charge in [0.15, 0.2) is 0 Å². The summed E-state index contributed by atoms with van der Waals surface area (Å²) in [7, 11) is 1.56. The van der Waals surface area contributed by atoms with Crippen molar-refractivity contribution >= 4 is 11.7 Å². The number of carbonyl (C=O) groups is 1. The molecule has 1 rings (SSSR count). The molecule has 1 unspecified atom stereocenters. The van der Waals surface area contributed by atoms with Gasteiger partial charge in [0.1, 0.15) is 17.4 Å². The van der Waals surface area contributed by atoms with E-state index < -0.39 is 5.97 Å². The molecule has 88 valence electrons. The van der Waals surface area contributed by atoms with Gasteiger partial charge in [0.05, 0.1) is 6.61 Å². The fourth-order valence-electron chi connectivity index (χ4n) is 1.30. The van der Waals surface area contributed by atoms with Gasteiger partial charge in [-0.15, -0.1) is 0 Å². The molecule has 0 aliphatic heterocycles. The summed E-state index contributed by atoms with van der Waals surface area (Å²) >= 11 is 0. The zero-order chi connectivity index (χ0) is 12.1. The number of anilines is 1. The molecular weight excluding hydrogens is 210 g/mol. The number of methoxy groups -OCH3 is 1. The lowest BCUT2D eigenvalue weighted by atomic mass is 10.2. The maximum atomic E-state index is 10.9. The highest BCUT2D eigenvalue weighted by atomic mass is 16.5. The Morgan fingerprint density at radius 2 is 2.25 bits per heavy atom. The first-order valence-electron chi connectivity index (χ1n) is 4.83. The summed E-state index contributed by atoms with van der Waals surface area (Å²) in [6.45, 7) is 2.19. The molecule has 1 aromatic rings. The monoisotopic (exact) mass is 225 g/mol. The van der Waals surface area contributed by atoms with Gasteiger partial charge in [-0.25, -0.2) is 4.79 Å². The normalized spacial score (nSPS) is 12.1. The smallest absolute Gasteiger partial charge is 0.339 e. The Bertz CT molecular complexity index is 378. The molecule has 0 heterocycles. The van der Waals surface area contributed by atoms with Crippen molar-refractivity contribution in [2.45, 2.75) is 13.0 Å².